The smallest absolute Gasteiger partial charge is 0.240 e. The Hall–Kier alpha value is -0.910. The summed E-state index contributed by atoms with van der Waals surface area (Å²) < 4.78 is 27.1. The molecule has 0 spiro atoms. The number of hydrogen-bond donors (Lipinski definition) is 2. The van der Waals surface area contributed by atoms with Crippen LogP contribution in [0.15, 0.2) is 23.1 Å². The average Bonchev–Trinajstić information content (AvgIpc) is 2.35. The molecule has 1 aromatic carbocycles. The van der Waals surface area contributed by atoms with Gasteiger partial charge in [-0.15, -0.1) is 0 Å². The van der Waals surface area contributed by atoms with Crippen LogP contribution in [0.4, 0.5) is 0 Å². The Kier molecular flexibility index (Phi) is 5.97. The molecule has 5 heteroatoms. The summed E-state index contributed by atoms with van der Waals surface area (Å²) in [6.45, 7) is 6.29. The SMILES string of the molecule is CCCCC(C)NS(=O)(=O)c1ccc(CN)c(C)c1. The molecule has 0 aliphatic heterocycles. The summed E-state index contributed by atoms with van der Waals surface area (Å²) in [5.41, 5.74) is 7.46. The number of rotatable bonds is 7. The van der Waals surface area contributed by atoms with Gasteiger partial charge in [0.15, 0.2) is 0 Å². The molecule has 4 nitrogen and oxygen atoms in total. The normalized spacial score (nSPS) is 13.5. The summed E-state index contributed by atoms with van der Waals surface area (Å²) in [5.74, 6) is 0. The predicted molar refractivity (Wildman–Crippen MR) is 78.4 cm³/mol. The third-order valence-corrected chi connectivity index (χ3v) is 4.78. The van der Waals surface area contributed by atoms with Gasteiger partial charge in [-0.3, -0.25) is 0 Å². The first-order valence-electron chi connectivity index (χ1n) is 6.72. The van der Waals surface area contributed by atoms with Crippen LogP contribution in [0.25, 0.3) is 0 Å². The van der Waals surface area contributed by atoms with Crippen LogP contribution in [0.1, 0.15) is 44.2 Å². The number of aryl methyl sites for hydroxylation is 1. The fourth-order valence-electron chi connectivity index (χ4n) is 1.97. The van der Waals surface area contributed by atoms with Gasteiger partial charge in [0.05, 0.1) is 4.90 Å². The van der Waals surface area contributed by atoms with Gasteiger partial charge < -0.3 is 5.73 Å². The number of nitrogens with one attached hydrogen (secondary N) is 1. The van der Waals surface area contributed by atoms with Crippen molar-refractivity contribution in [2.75, 3.05) is 0 Å². The van der Waals surface area contributed by atoms with E-state index < -0.39 is 10.0 Å². The van der Waals surface area contributed by atoms with Gasteiger partial charge in [-0.2, -0.15) is 0 Å². The molecule has 0 aromatic heterocycles. The van der Waals surface area contributed by atoms with E-state index in [1.165, 1.54) is 0 Å². The fraction of sp³-hybridized carbons (Fsp3) is 0.571. The predicted octanol–water partition coefficient (Wildman–Crippen LogP) is 2.31. The summed E-state index contributed by atoms with van der Waals surface area (Å²) in [6, 6.07) is 5.03. The highest BCUT2D eigenvalue weighted by Crippen LogP contribution is 2.16. The second-order valence-electron chi connectivity index (χ2n) is 4.96. The Morgan fingerprint density at radius 2 is 2.05 bits per heavy atom. The largest absolute Gasteiger partial charge is 0.326 e. The van der Waals surface area contributed by atoms with Gasteiger partial charge in [-0.1, -0.05) is 25.8 Å². The van der Waals surface area contributed by atoms with Crippen molar-refractivity contribution in [3.8, 4) is 0 Å². The molecule has 0 saturated heterocycles. The van der Waals surface area contributed by atoms with Crippen LogP contribution in [-0.2, 0) is 16.6 Å². The van der Waals surface area contributed by atoms with Crippen molar-refractivity contribution in [1.82, 2.24) is 4.72 Å². The zero-order valence-electron chi connectivity index (χ0n) is 11.9. The first-order chi connectivity index (χ1) is 8.90. The standard InChI is InChI=1S/C14H24N2O2S/c1-4-5-6-12(3)16-19(17,18)14-8-7-13(10-15)11(2)9-14/h7-9,12,16H,4-6,10,15H2,1-3H3. The zero-order valence-corrected chi connectivity index (χ0v) is 12.8. The maximum absolute atomic E-state index is 12.2. The molecule has 1 aromatic rings. The van der Waals surface area contributed by atoms with Crippen LogP contribution in [0.5, 0.6) is 0 Å². The van der Waals surface area contributed by atoms with Crippen LogP contribution in [0.3, 0.4) is 0 Å². The molecule has 19 heavy (non-hydrogen) atoms. The Labute approximate surface area is 116 Å². The van der Waals surface area contributed by atoms with Crippen molar-refractivity contribution in [3.63, 3.8) is 0 Å². The van der Waals surface area contributed by atoms with Crippen molar-refractivity contribution >= 4 is 10.0 Å². The third-order valence-electron chi connectivity index (χ3n) is 3.19. The zero-order chi connectivity index (χ0) is 14.5. The summed E-state index contributed by atoms with van der Waals surface area (Å²) in [6.07, 6.45) is 2.95. The Balaban J connectivity index is 2.85. The fourth-order valence-corrected chi connectivity index (χ4v) is 3.33. The summed E-state index contributed by atoms with van der Waals surface area (Å²) in [5, 5.41) is 0. The Bertz CT molecular complexity index is 512. The number of benzene rings is 1. The van der Waals surface area contributed by atoms with Gasteiger partial charge in [0.1, 0.15) is 0 Å². The van der Waals surface area contributed by atoms with Crippen molar-refractivity contribution in [2.45, 2.75) is 57.5 Å². The highest BCUT2D eigenvalue weighted by molar-refractivity contribution is 7.89. The van der Waals surface area contributed by atoms with Gasteiger partial charge in [0.2, 0.25) is 10.0 Å². The Morgan fingerprint density at radius 1 is 1.37 bits per heavy atom. The molecule has 0 bridgehead atoms. The minimum Gasteiger partial charge on any atom is -0.326 e. The lowest BCUT2D eigenvalue weighted by Gasteiger charge is -2.14. The molecular weight excluding hydrogens is 260 g/mol. The van der Waals surface area contributed by atoms with Gasteiger partial charge in [-0.05, 0) is 43.5 Å². The highest BCUT2D eigenvalue weighted by atomic mass is 32.2. The summed E-state index contributed by atoms with van der Waals surface area (Å²) >= 11 is 0. The third kappa shape index (κ3) is 4.60. The van der Waals surface area contributed by atoms with E-state index in [0.29, 0.717) is 11.4 Å². The van der Waals surface area contributed by atoms with Gasteiger partial charge in [-0.25, -0.2) is 13.1 Å². The maximum Gasteiger partial charge on any atom is 0.240 e. The van der Waals surface area contributed by atoms with Crippen LogP contribution in [-0.4, -0.2) is 14.5 Å². The van der Waals surface area contributed by atoms with Crippen LogP contribution in [0.2, 0.25) is 0 Å². The lowest BCUT2D eigenvalue weighted by Crippen LogP contribution is -2.32. The second-order valence-corrected chi connectivity index (χ2v) is 6.67. The topological polar surface area (TPSA) is 72.2 Å². The average molecular weight is 284 g/mol. The molecule has 0 radical (unpaired) electrons. The molecule has 108 valence electrons. The minimum absolute atomic E-state index is 0.0422. The van der Waals surface area contributed by atoms with E-state index in [1.54, 1.807) is 18.2 Å². The van der Waals surface area contributed by atoms with E-state index in [1.807, 2.05) is 13.8 Å². The molecule has 0 amide bonds. The minimum atomic E-state index is -3.43. The first kappa shape index (κ1) is 16.1. The quantitative estimate of drug-likeness (QED) is 0.807. The van der Waals surface area contributed by atoms with Gasteiger partial charge in [0.25, 0.3) is 0 Å². The van der Waals surface area contributed by atoms with Crippen LogP contribution >= 0.6 is 0 Å². The van der Waals surface area contributed by atoms with E-state index in [9.17, 15) is 8.42 Å². The number of sulfonamides is 1. The molecule has 0 aliphatic carbocycles. The number of hydrogen-bond acceptors (Lipinski definition) is 3. The van der Waals surface area contributed by atoms with Crippen molar-refractivity contribution in [1.29, 1.82) is 0 Å². The van der Waals surface area contributed by atoms with E-state index in [2.05, 4.69) is 11.6 Å². The van der Waals surface area contributed by atoms with Gasteiger partial charge in [0, 0.05) is 12.6 Å². The lowest BCUT2D eigenvalue weighted by atomic mass is 10.1. The van der Waals surface area contributed by atoms with E-state index in [0.717, 1.165) is 30.4 Å². The summed E-state index contributed by atoms with van der Waals surface area (Å²) in [7, 11) is -3.43. The molecule has 0 heterocycles. The molecule has 0 saturated carbocycles. The van der Waals surface area contributed by atoms with E-state index in [-0.39, 0.29) is 6.04 Å². The van der Waals surface area contributed by atoms with E-state index >= 15 is 0 Å². The second kappa shape index (κ2) is 7.03. The molecule has 1 atom stereocenters. The highest BCUT2D eigenvalue weighted by Gasteiger charge is 2.17. The van der Waals surface area contributed by atoms with Gasteiger partial charge >= 0.3 is 0 Å². The van der Waals surface area contributed by atoms with E-state index in [4.69, 9.17) is 5.73 Å². The van der Waals surface area contributed by atoms with Crippen molar-refractivity contribution < 1.29 is 8.42 Å². The first-order valence-corrected chi connectivity index (χ1v) is 8.21. The molecule has 0 aliphatic rings. The van der Waals surface area contributed by atoms with Crippen LogP contribution < -0.4 is 10.5 Å². The molecule has 3 N–H and O–H groups in total. The molecule has 0 fully saturated rings. The van der Waals surface area contributed by atoms with Crippen molar-refractivity contribution in [3.05, 3.63) is 29.3 Å². The summed E-state index contributed by atoms with van der Waals surface area (Å²) in [4.78, 5) is 0.311. The molecular formula is C14H24N2O2S. The monoisotopic (exact) mass is 284 g/mol. The molecule has 1 rings (SSSR count). The van der Waals surface area contributed by atoms with Crippen molar-refractivity contribution in [2.24, 2.45) is 5.73 Å². The number of nitrogens with two attached hydrogens (primary N) is 1. The maximum atomic E-state index is 12.2. The van der Waals surface area contributed by atoms with Crippen LogP contribution in [0, 0.1) is 6.92 Å². The Morgan fingerprint density at radius 3 is 2.58 bits per heavy atom. The number of unbranched alkanes of at least 4 members (excludes halogenated alkanes) is 1. The molecule has 1 unspecified atom stereocenters. The lowest BCUT2D eigenvalue weighted by molar-refractivity contribution is 0.534.